The van der Waals surface area contributed by atoms with Gasteiger partial charge in [0.1, 0.15) is 0 Å². The molecule has 0 spiro atoms. The zero-order valence-electron chi connectivity index (χ0n) is 19.7. The van der Waals surface area contributed by atoms with E-state index in [1.54, 1.807) is 7.11 Å². The quantitative estimate of drug-likeness (QED) is 0.309. The molecule has 8 nitrogen and oxygen atoms in total. The fourth-order valence-electron chi connectivity index (χ4n) is 3.86. The number of carbonyl (C=O) groups is 4. The topological polar surface area (TPSA) is 102 Å². The van der Waals surface area contributed by atoms with Crippen LogP contribution in [0.25, 0.3) is 0 Å². The van der Waals surface area contributed by atoms with Crippen molar-refractivity contribution in [3.63, 3.8) is 0 Å². The second kappa shape index (κ2) is 11.6. The number of nitrogens with one attached hydrogen (secondary N) is 1. The molecule has 0 aromatic heterocycles. The summed E-state index contributed by atoms with van der Waals surface area (Å²) in [7, 11) is 1.55. The number of imide groups is 1. The normalized spacial score (nSPS) is 14.5. The van der Waals surface area contributed by atoms with Gasteiger partial charge in [0.15, 0.2) is 6.10 Å². The van der Waals surface area contributed by atoms with E-state index in [1.807, 2.05) is 37.3 Å². The summed E-state index contributed by atoms with van der Waals surface area (Å²) in [6, 6.07) is 13.7. The van der Waals surface area contributed by atoms with E-state index in [0.29, 0.717) is 13.0 Å². The monoisotopic (exact) mass is 466 g/mol. The average Bonchev–Trinajstić information content (AvgIpc) is 3.08. The van der Waals surface area contributed by atoms with E-state index >= 15 is 0 Å². The van der Waals surface area contributed by atoms with Crippen LogP contribution in [0.2, 0.25) is 0 Å². The maximum absolute atomic E-state index is 12.7. The largest absolute Gasteiger partial charge is 0.449 e. The highest BCUT2D eigenvalue weighted by Crippen LogP contribution is 2.25. The second-order valence-electron chi connectivity index (χ2n) is 8.18. The Balaban J connectivity index is 1.65. The van der Waals surface area contributed by atoms with E-state index in [4.69, 9.17) is 9.47 Å². The molecule has 0 aliphatic carbocycles. The van der Waals surface area contributed by atoms with Crippen LogP contribution in [0.1, 0.15) is 75.8 Å². The van der Waals surface area contributed by atoms with Crippen LogP contribution in [0.4, 0.5) is 0 Å². The molecule has 2 aromatic rings. The van der Waals surface area contributed by atoms with Gasteiger partial charge in [-0.3, -0.25) is 19.3 Å². The van der Waals surface area contributed by atoms with Crippen LogP contribution in [0.15, 0.2) is 48.5 Å². The van der Waals surface area contributed by atoms with E-state index in [9.17, 15) is 19.2 Å². The third-order valence-electron chi connectivity index (χ3n) is 5.69. The number of benzene rings is 2. The first-order valence-electron chi connectivity index (χ1n) is 11.4. The molecule has 1 aliphatic heterocycles. The highest BCUT2D eigenvalue weighted by atomic mass is 16.5. The van der Waals surface area contributed by atoms with E-state index in [-0.39, 0.29) is 29.3 Å². The van der Waals surface area contributed by atoms with Crippen molar-refractivity contribution >= 4 is 23.7 Å². The Morgan fingerprint density at radius 1 is 1.03 bits per heavy atom. The van der Waals surface area contributed by atoms with Crippen molar-refractivity contribution in [2.24, 2.45) is 0 Å². The number of hydrogen-bond donors (Lipinski definition) is 1. The summed E-state index contributed by atoms with van der Waals surface area (Å²) >= 11 is 0. The number of methoxy groups -OCH3 is 1. The summed E-state index contributed by atoms with van der Waals surface area (Å²) in [5.41, 5.74) is 1.48. The third kappa shape index (κ3) is 5.69. The number of rotatable bonds is 11. The zero-order chi connectivity index (χ0) is 24.7. The number of carbonyl (C=O) groups excluding carboxylic acids is 4. The van der Waals surface area contributed by atoms with E-state index < -0.39 is 29.8 Å². The predicted octanol–water partition coefficient (Wildman–Crippen LogP) is 3.52. The fraction of sp³-hybridized carbons (Fsp3) is 0.385. The first kappa shape index (κ1) is 25.1. The first-order chi connectivity index (χ1) is 16.4. The Morgan fingerprint density at radius 3 is 2.41 bits per heavy atom. The molecule has 2 atom stereocenters. The van der Waals surface area contributed by atoms with Gasteiger partial charge in [-0.15, -0.1) is 0 Å². The molecule has 0 radical (unpaired) electrons. The van der Waals surface area contributed by atoms with Gasteiger partial charge in [0.2, 0.25) is 0 Å². The van der Waals surface area contributed by atoms with Crippen LogP contribution < -0.4 is 5.32 Å². The van der Waals surface area contributed by atoms with Crippen molar-refractivity contribution in [2.75, 3.05) is 20.3 Å². The molecule has 0 saturated heterocycles. The lowest BCUT2D eigenvalue weighted by atomic mass is 10.0. The SMILES string of the molecule is CCCC(NC(=O)C(C)OC(=O)c1ccc2c(c1)C(=O)N(CCCOC)C2=O)c1ccccc1. The molecule has 8 heteroatoms. The van der Waals surface area contributed by atoms with Crippen LogP contribution >= 0.6 is 0 Å². The Hall–Kier alpha value is -3.52. The highest BCUT2D eigenvalue weighted by Gasteiger charge is 2.36. The highest BCUT2D eigenvalue weighted by molar-refractivity contribution is 6.22. The summed E-state index contributed by atoms with van der Waals surface area (Å²) in [6.07, 6.45) is 1.11. The zero-order valence-corrected chi connectivity index (χ0v) is 19.7. The van der Waals surface area contributed by atoms with Gasteiger partial charge in [0.25, 0.3) is 17.7 Å². The van der Waals surface area contributed by atoms with Crippen LogP contribution in [0.3, 0.4) is 0 Å². The van der Waals surface area contributed by atoms with Gasteiger partial charge in [0, 0.05) is 20.3 Å². The minimum absolute atomic E-state index is 0.103. The molecule has 2 unspecified atom stereocenters. The van der Waals surface area contributed by atoms with Gasteiger partial charge in [-0.1, -0.05) is 43.7 Å². The van der Waals surface area contributed by atoms with Crippen molar-refractivity contribution in [1.82, 2.24) is 10.2 Å². The van der Waals surface area contributed by atoms with Crippen molar-refractivity contribution in [3.05, 3.63) is 70.8 Å². The molecule has 34 heavy (non-hydrogen) atoms. The minimum atomic E-state index is -1.04. The summed E-state index contributed by atoms with van der Waals surface area (Å²) in [5, 5.41) is 2.94. The molecule has 2 aromatic carbocycles. The average molecular weight is 467 g/mol. The van der Waals surface area contributed by atoms with Gasteiger partial charge < -0.3 is 14.8 Å². The maximum atomic E-state index is 12.7. The number of amides is 3. The number of nitrogens with zero attached hydrogens (tertiary/aromatic N) is 1. The van der Waals surface area contributed by atoms with Crippen molar-refractivity contribution < 1.29 is 28.7 Å². The summed E-state index contributed by atoms with van der Waals surface area (Å²) in [4.78, 5) is 51.7. The molecule has 1 heterocycles. The lowest BCUT2D eigenvalue weighted by Gasteiger charge is -2.21. The van der Waals surface area contributed by atoms with Gasteiger partial charge in [-0.05, 0) is 43.5 Å². The lowest BCUT2D eigenvalue weighted by Crippen LogP contribution is -2.38. The van der Waals surface area contributed by atoms with Crippen molar-refractivity contribution in [1.29, 1.82) is 0 Å². The molecule has 1 aliphatic rings. The molecule has 3 rings (SSSR count). The van der Waals surface area contributed by atoms with Crippen LogP contribution in [0, 0.1) is 0 Å². The number of fused-ring (bicyclic) bond motifs is 1. The molecule has 0 fully saturated rings. The standard InChI is InChI=1S/C26H30N2O6/c1-4-9-22(18-10-6-5-7-11-18)27-23(29)17(2)34-26(32)19-12-13-20-21(16-19)25(31)28(24(20)30)14-8-15-33-3/h5-7,10-13,16-17,22H,4,8-9,14-15H2,1-3H3,(H,27,29). The third-order valence-corrected chi connectivity index (χ3v) is 5.69. The first-order valence-corrected chi connectivity index (χ1v) is 11.4. The van der Waals surface area contributed by atoms with Crippen LogP contribution in [-0.2, 0) is 14.3 Å². The number of ether oxygens (including phenoxy) is 2. The molecule has 0 saturated carbocycles. The van der Waals surface area contributed by atoms with E-state index in [1.165, 1.54) is 25.1 Å². The Bertz CT molecular complexity index is 1050. The summed E-state index contributed by atoms with van der Waals surface area (Å²) < 4.78 is 10.3. The molecular formula is C26H30N2O6. The second-order valence-corrected chi connectivity index (χ2v) is 8.18. The predicted molar refractivity (Wildman–Crippen MR) is 125 cm³/mol. The van der Waals surface area contributed by atoms with Gasteiger partial charge in [0.05, 0.1) is 22.7 Å². The molecule has 0 bridgehead atoms. The summed E-state index contributed by atoms with van der Waals surface area (Å²) in [5.74, 6) is -2.00. The smallest absolute Gasteiger partial charge is 0.338 e. The molecule has 1 N–H and O–H groups in total. The van der Waals surface area contributed by atoms with Crippen LogP contribution in [0.5, 0.6) is 0 Å². The molecular weight excluding hydrogens is 436 g/mol. The van der Waals surface area contributed by atoms with Gasteiger partial charge >= 0.3 is 5.97 Å². The lowest BCUT2D eigenvalue weighted by molar-refractivity contribution is -0.129. The van der Waals surface area contributed by atoms with E-state index in [0.717, 1.165) is 23.3 Å². The van der Waals surface area contributed by atoms with Crippen LogP contribution in [-0.4, -0.2) is 55.0 Å². The minimum Gasteiger partial charge on any atom is -0.449 e. The van der Waals surface area contributed by atoms with Gasteiger partial charge in [-0.2, -0.15) is 0 Å². The Labute approximate surface area is 199 Å². The summed E-state index contributed by atoms with van der Waals surface area (Å²) in [6.45, 7) is 4.19. The fourth-order valence-corrected chi connectivity index (χ4v) is 3.86. The number of esters is 1. The van der Waals surface area contributed by atoms with Gasteiger partial charge in [-0.25, -0.2) is 4.79 Å². The maximum Gasteiger partial charge on any atom is 0.338 e. The Morgan fingerprint density at radius 2 is 1.74 bits per heavy atom. The Kier molecular flexibility index (Phi) is 8.54. The molecule has 3 amide bonds. The van der Waals surface area contributed by atoms with Crippen molar-refractivity contribution in [2.45, 2.75) is 45.3 Å². The van der Waals surface area contributed by atoms with Crippen molar-refractivity contribution in [3.8, 4) is 0 Å². The molecule has 180 valence electrons. The number of hydrogen-bond acceptors (Lipinski definition) is 6. The van der Waals surface area contributed by atoms with E-state index in [2.05, 4.69) is 5.32 Å².